The average Bonchev–Trinajstić information content (AvgIpc) is 3.79. The standard InChI is InChI=1S/C48H49FN4O7/c1-28-39(27-37-36-26-34(49)19-18-33(36)25-42(37)55)51-29(2)44(28)41(54)10-8-6-4-3-5-7-9-23-50-45(57)32-16-13-30(14-17-32)11-12-31-15-20-35-38(24-31)48(60)53(47(35)59)40-21-22-43(56)52-46(40)58/h13-20,24,26-27,40,51H,3-12,21-23,25H2,1-2H3,(H,50,57)(H,52,56,58)/b37-27-. The molecule has 1 fully saturated rings. The number of carbonyl (C=O) groups is 7. The molecular formula is C48H49FN4O7. The molecule has 1 aliphatic carbocycles. The number of nitrogens with one attached hydrogen (secondary N) is 3. The van der Waals surface area contributed by atoms with Crippen molar-refractivity contribution in [3.05, 3.63) is 128 Å². The molecule has 310 valence electrons. The monoisotopic (exact) mass is 812 g/mol. The molecule has 0 radical (unpaired) electrons. The van der Waals surface area contributed by atoms with E-state index >= 15 is 0 Å². The lowest BCUT2D eigenvalue weighted by Crippen LogP contribution is -2.54. The van der Waals surface area contributed by atoms with Gasteiger partial charge in [-0.05, 0) is 116 Å². The van der Waals surface area contributed by atoms with Gasteiger partial charge in [-0.1, -0.05) is 56.4 Å². The molecule has 3 aliphatic rings. The van der Waals surface area contributed by atoms with E-state index in [2.05, 4.69) is 15.6 Å². The first kappa shape index (κ1) is 41.8. The molecule has 0 spiro atoms. The third-order valence-corrected chi connectivity index (χ3v) is 11.8. The number of allylic oxidation sites excluding steroid dienone is 1. The van der Waals surface area contributed by atoms with Crippen LogP contribution in [0.4, 0.5) is 4.39 Å². The van der Waals surface area contributed by atoms with E-state index in [9.17, 15) is 38.0 Å². The maximum atomic E-state index is 13.9. The Morgan fingerprint density at radius 2 is 1.48 bits per heavy atom. The first-order valence-corrected chi connectivity index (χ1v) is 20.9. The summed E-state index contributed by atoms with van der Waals surface area (Å²) in [6, 6.07) is 16.0. The van der Waals surface area contributed by atoms with E-state index in [1.165, 1.54) is 12.1 Å². The number of carbonyl (C=O) groups excluding carboxylic acids is 7. The van der Waals surface area contributed by atoms with Crippen LogP contribution in [0.3, 0.4) is 0 Å². The number of H-pyrrole nitrogens is 1. The summed E-state index contributed by atoms with van der Waals surface area (Å²) in [7, 11) is 0. The number of hydrogen-bond donors (Lipinski definition) is 3. The summed E-state index contributed by atoms with van der Waals surface area (Å²) < 4.78 is 13.9. The van der Waals surface area contributed by atoms with Crippen LogP contribution in [0.15, 0.2) is 60.7 Å². The lowest BCUT2D eigenvalue weighted by Gasteiger charge is -2.27. The molecule has 11 nitrogen and oxygen atoms in total. The third-order valence-electron chi connectivity index (χ3n) is 11.8. The van der Waals surface area contributed by atoms with Crippen LogP contribution in [0.25, 0.3) is 11.6 Å². The SMILES string of the molecule is Cc1[nH]c(/C=C2\C(=O)Cc3ccc(F)cc32)c(C)c1C(=O)CCCCCCCCCNC(=O)c1ccc(CCc2ccc3c(c2)C(=O)N(C2CCC(=O)NC2=O)C3=O)cc1. The number of rotatable bonds is 17. The fourth-order valence-electron chi connectivity index (χ4n) is 8.52. The average molecular weight is 813 g/mol. The van der Waals surface area contributed by atoms with Crippen LogP contribution >= 0.6 is 0 Å². The highest BCUT2D eigenvalue weighted by molar-refractivity contribution is 6.29. The Balaban J connectivity index is 0.768. The van der Waals surface area contributed by atoms with Crippen LogP contribution < -0.4 is 10.6 Å². The second-order valence-electron chi connectivity index (χ2n) is 16.1. The van der Waals surface area contributed by atoms with E-state index in [4.69, 9.17) is 0 Å². The Morgan fingerprint density at radius 3 is 2.23 bits per heavy atom. The summed E-state index contributed by atoms with van der Waals surface area (Å²) in [4.78, 5) is 92.9. The van der Waals surface area contributed by atoms with Gasteiger partial charge in [-0.3, -0.25) is 43.8 Å². The number of amides is 5. The van der Waals surface area contributed by atoms with Gasteiger partial charge in [0.25, 0.3) is 17.7 Å². The molecule has 1 saturated heterocycles. The van der Waals surface area contributed by atoms with Crippen molar-refractivity contribution < 1.29 is 38.0 Å². The normalized spacial score (nSPS) is 16.7. The van der Waals surface area contributed by atoms with E-state index in [0.29, 0.717) is 53.8 Å². The molecule has 12 heteroatoms. The van der Waals surface area contributed by atoms with E-state index < -0.39 is 29.7 Å². The summed E-state index contributed by atoms with van der Waals surface area (Å²) in [5, 5.41) is 5.21. The molecule has 7 rings (SSSR count). The summed E-state index contributed by atoms with van der Waals surface area (Å²) in [5.41, 5.74) is 7.81. The van der Waals surface area contributed by atoms with Crippen LogP contribution in [-0.2, 0) is 33.6 Å². The topological polar surface area (TPSA) is 163 Å². The number of fused-ring (bicyclic) bond motifs is 2. The Morgan fingerprint density at radius 1 is 0.800 bits per heavy atom. The lowest BCUT2D eigenvalue weighted by atomic mass is 9.99. The lowest BCUT2D eigenvalue weighted by molar-refractivity contribution is -0.136. The number of aromatic amines is 1. The van der Waals surface area contributed by atoms with Crippen molar-refractivity contribution in [2.24, 2.45) is 0 Å². The molecule has 0 saturated carbocycles. The molecule has 1 atom stereocenters. The Labute approximate surface area is 348 Å². The number of piperidine rings is 1. The number of aryl methyl sites for hydroxylation is 3. The number of aromatic nitrogens is 1. The van der Waals surface area contributed by atoms with Gasteiger partial charge in [-0.25, -0.2) is 4.39 Å². The second-order valence-corrected chi connectivity index (χ2v) is 16.1. The van der Waals surface area contributed by atoms with Crippen LogP contribution in [0.5, 0.6) is 0 Å². The van der Waals surface area contributed by atoms with Crippen molar-refractivity contribution in [1.29, 1.82) is 0 Å². The molecule has 3 aromatic carbocycles. The Hall–Kier alpha value is -6.30. The van der Waals surface area contributed by atoms with Gasteiger partial charge in [0.15, 0.2) is 11.6 Å². The van der Waals surface area contributed by atoms with Crippen molar-refractivity contribution in [3.8, 4) is 0 Å². The Kier molecular flexibility index (Phi) is 12.8. The first-order valence-electron chi connectivity index (χ1n) is 20.9. The largest absolute Gasteiger partial charge is 0.358 e. The molecule has 1 unspecified atom stereocenters. The van der Waals surface area contributed by atoms with E-state index in [1.54, 1.807) is 42.5 Å². The predicted molar refractivity (Wildman–Crippen MR) is 224 cm³/mol. The highest BCUT2D eigenvalue weighted by Crippen LogP contribution is 2.34. The van der Waals surface area contributed by atoms with Crippen LogP contribution in [-0.4, -0.2) is 63.6 Å². The van der Waals surface area contributed by atoms with Crippen LogP contribution in [0, 0.1) is 19.7 Å². The minimum absolute atomic E-state index is 0.0579. The zero-order valence-electron chi connectivity index (χ0n) is 34.0. The smallest absolute Gasteiger partial charge is 0.262 e. The number of Topliss-reactive ketones (excluding diaryl/α,β-unsaturated/α-hetero) is 2. The van der Waals surface area contributed by atoms with E-state index in [-0.39, 0.29) is 53.7 Å². The van der Waals surface area contributed by atoms with Crippen LogP contribution in [0.1, 0.15) is 145 Å². The summed E-state index contributed by atoms with van der Waals surface area (Å²) >= 11 is 0. The third kappa shape index (κ3) is 9.12. The maximum Gasteiger partial charge on any atom is 0.262 e. The van der Waals surface area contributed by atoms with Crippen molar-refractivity contribution in [3.63, 3.8) is 0 Å². The molecule has 5 amide bonds. The van der Waals surface area contributed by atoms with Gasteiger partial charge in [-0.15, -0.1) is 0 Å². The maximum absolute atomic E-state index is 13.9. The molecule has 3 heterocycles. The zero-order valence-corrected chi connectivity index (χ0v) is 34.0. The van der Waals surface area contributed by atoms with Crippen molar-refractivity contribution in [2.75, 3.05) is 6.54 Å². The number of halogens is 1. The highest BCUT2D eigenvalue weighted by atomic mass is 19.1. The molecule has 4 aromatic rings. The summed E-state index contributed by atoms with van der Waals surface area (Å²) in [5.74, 6) is -2.59. The number of imide groups is 2. The minimum atomic E-state index is -0.999. The molecule has 60 heavy (non-hydrogen) atoms. The highest BCUT2D eigenvalue weighted by Gasteiger charge is 2.44. The minimum Gasteiger partial charge on any atom is -0.358 e. The summed E-state index contributed by atoms with van der Waals surface area (Å²) in [6.45, 7) is 4.33. The van der Waals surface area contributed by atoms with Crippen molar-refractivity contribution in [1.82, 2.24) is 20.5 Å². The van der Waals surface area contributed by atoms with E-state index in [0.717, 1.165) is 77.8 Å². The molecule has 0 bridgehead atoms. The summed E-state index contributed by atoms with van der Waals surface area (Å²) in [6.07, 6.45) is 10.6. The van der Waals surface area contributed by atoms with Gasteiger partial charge in [0.05, 0.1) is 11.1 Å². The number of ketones is 2. The van der Waals surface area contributed by atoms with Gasteiger partial charge < -0.3 is 10.3 Å². The van der Waals surface area contributed by atoms with Gasteiger partial charge in [0.2, 0.25) is 11.8 Å². The van der Waals surface area contributed by atoms with Gasteiger partial charge in [-0.2, -0.15) is 0 Å². The van der Waals surface area contributed by atoms with Gasteiger partial charge in [0.1, 0.15) is 11.9 Å². The quantitative estimate of drug-likeness (QED) is 0.0435. The van der Waals surface area contributed by atoms with Crippen molar-refractivity contribution >= 4 is 52.8 Å². The van der Waals surface area contributed by atoms with Gasteiger partial charge in [0, 0.05) is 53.9 Å². The number of benzene rings is 3. The fourth-order valence-corrected chi connectivity index (χ4v) is 8.52. The Bertz CT molecular complexity index is 2430. The van der Waals surface area contributed by atoms with E-state index in [1.807, 2.05) is 26.0 Å². The first-order chi connectivity index (χ1) is 28.9. The molecule has 2 aliphatic heterocycles. The number of hydrogen-bond acceptors (Lipinski definition) is 7. The van der Waals surface area contributed by atoms with Gasteiger partial charge >= 0.3 is 0 Å². The second kappa shape index (κ2) is 18.3. The zero-order chi connectivity index (χ0) is 42.5. The molecule has 3 N–H and O–H groups in total. The van der Waals surface area contributed by atoms with Crippen LogP contribution in [0.2, 0.25) is 0 Å². The molecular weight excluding hydrogens is 764 g/mol. The fraction of sp³-hybridized carbons (Fsp3) is 0.354. The molecule has 1 aromatic heterocycles. The predicted octanol–water partition coefficient (Wildman–Crippen LogP) is 7.36. The number of nitrogens with zero attached hydrogens (tertiary/aromatic N) is 1. The number of unbranched alkanes of at least 4 members (excludes halogenated alkanes) is 6. The van der Waals surface area contributed by atoms with Crippen molar-refractivity contribution in [2.45, 2.75) is 103 Å².